The predicted molar refractivity (Wildman–Crippen MR) is 121 cm³/mol. The lowest BCUT2D eigenvalue weighted by atomic mass is 10.0. The van der Waals surface area contributed by atoms with E-state index in [1.807, 2.05) is 0 Å². The molecule has 0 unspecified atom stereocenters. The van der Waals surface area contributed by atoms with Crippen LogP contribution in [0.15, 0.2) is 62.0 Å². The number of aliphatic carboxylic acids is 1. The standard InChI is InChI=1S/C20H18Br3NO5/c21-12-6-8-14(9-7-12)24-20(28)29-17(4-2-1-3-5-18(25)26)15-10-13(22)11-16(23)19(15)27/h3,5-11,17,27H,1-2,4H2,(H,24,28)(H,25,26)/b5-3+/t17-/m1/s1. The van der Waals surface area contributed by atoms with E-state index >= 15 is 0 Å². The van der Waals surface area contributed by atoms with Crippen molar-refractivity contribution < 1.29 is 24.5 Å². The Bertz CT molecular complexity index is 900. The van der Waals surface area contributed by atoms with Crippen molar-refractivity contribution in [2.24, 2.45) is 0 Å². The summed E-state index contributed by atoms with van der Waals surface area (Å²) in [6, 6.07) is 10.4. The van der Waals surface area contributed by atoms with Gasteiger partial charge in [0.25, 0.3) is 0 Å². The Hall–Kier alpha value is -1.84. The number of phenolic OH excluding ortho intramolecular Hbond substituents is 1. The molecule has 2 aromatic rings. The molecule has 2 aromatic carbocycles. The van der Waals surface area contributed by atoms with Gasteiger partial charge >= 0.3 is 12.1 Å². The SMILES string of the molecule is O=C(O)/C=C/CCC[C@@H](OC(=O)Nc1ccc(Br)cc1)c1cc(Br)cc(Br)c1O. The molecule has 0 fully saturated rings. The van der Waals surface area contributed by atoms with Crippen molar-refractivity contribution in [2.45, 2.75) is 25.4 Å². The summed E-state index contributed by atoms with van der Waals surface area (Å²) in [5, 5.41) is 21.7. The molecular formula is C20H18Br3NO5. The van der Waals surface area contributed by atoms with Gasteiger partial charge in [0, 0.05) is 26.3 Å². The second-order valence-electron chi connectivity index (χ2n) is 6.02. The maximum atomic E-state index is 12.4. The van der Waals surface area contributed by atoms with E-state index in [-0.39, 0.29) is 5.75 Å². The highest BCUT2D eigenvalue weighted by molar-refractivity contribution is 9.11. The minimum atomic E-state index is -1.01. The van der Waals surface area contributed by atoms with Crippen molar-refractivity contribution >= 4 is 65.5 Å². The van der Waals surface area contributed by atoms with Gasteiger partial charge < -0.3 is 14.9 Å². The second-order valence-corrected chi connectivity index (χ2v) is 8.71. The van der Waals surface area contributed by atoms with Crippen LogP contribution in [0.3, 0.4) is 0 Å². The maximum Gasteiger partial charge on any atom is 0.412 e. The van der Waals surface area contributed by atoms with Crippen LogP contribution < -0.4 is 5.32 Å². The molecule has 0 spiro atoms. The van der Waals surface area contributed by atoms with Crippen LogP contribution in [0, 0.1) is 0 Å². The highest BCUT2D eigenvalue weighted by atomic mass is 79.9. The molecule has 9 heteroatoms. The fourth-order valence-electron chi connectivity index (χ4n) is 2.52. The second kappa shape index (κ2) is 11.4. The normalized spacial score (nSPS) is 12.0. The Kier molecular flexibility index (Phi) is 9.19. The molecule has 0 saturated heterocycles. The minimum Gasteiger partial charge on any atom is -0.506 e. The van der Waals surface area contributed by atoms with Crippen molar-refractivity contribution in [3.05, 3.63) is 67.5 Å². The molecule has 0 heterocycles. The van der Waals surface area contributed by atoms with Crippen molar-refractivity contribution in [1.29, 1.82) is 0 Å². The molecule has 0 aliphatic heterocycles. The van der Waals surface area contributed by atoms with Crippen molar-refractivity contribution in [3.63, 3.8) is 0 Å². The monoisotopic (exact) mass is 589 g/mol. The fraction of sp³-hybridized carbons (Fsp3) is 0.200. The van der Waals surface area contributed by atoms with Gasteiger partial charge in [-0.3, -0.25) is 5.32 Å². The van der Waals surface area contributed by atoms with E-state index in [2.05, 4.69) is 53.1 Å². The summed E-state index contributed by atoms with van der Waals surface area (Å²) >= 11 is 9.99. The number of halogens is 3. The Labute approximate surface area is 193 Å². The number of carbonyl (C=O) groups excluding carboxylic acids is 1. The number of anilines is 1. The number of carboxylic acid groups (broad SMARTS) is 1. The molecule has 1 amide bonds. The molecular weight excluding hydrogens is 574 g/mol. The lowest BCUT2D eigenvalue weighted by Gasteiger charge is -2.20. The molecule has 0 saturated carbocycles. The van der Waals surface area contributed by atoms with Crippen LogP contribution >= 0.6 is 47.8 Å². The molecule has 0 radical (unpaired) electrons. The molecule has 0 aromatic heterocycles. The third kappa shape index (κ3) is 7.83. The molecule has 6 nitrogen and oxygen atoms in total. The molecule has 29 heavy (non-hydrogen) atoms. The Morgan fingerprint density at radius 1 is 1.10 bits per heavy atom. The molecule has 154 valence electrons. The zero-order valence-electron chi connectivity index (χ0n) is 15.1. The van der Waals surface area contributed by atoms with Gasteiger partial charge in [0.15, 0.2) is 0 Å². The zero-order valence-corrected chi connectivity index (χ0v) is 19.8. The summed E-state index contributed by atoms with van der Waals surface area (Å²) in [6.45, 7) is 0. The number of phenols is 1. The number of carbonyl (C=O) groups is 2. The summed E-state index contributed by atoms with van der Waals surface area (Å²) in [4.78, 5) is 23.0. The summed E-state index contributed by atoms with van der Waals surface area (Å²) in [6.07, 6.45) is 2.68. The summed E-state index contributed by atoms with van der Waals surface area (Å²) in [5.41, 5.74) is 1.01. The van der Waals surface area contributed by atoms with E-state index in [1.165, 1.54) is 6.08 Å². The van der Waals surface area contributed by atoms with Crippen LogP contribution in [0.4, 0.5) is 10.5 Å². The van der Waals surface area contributed by atoms with E-state index in [0.717, 1.165) is 10.5 Å². The number of benzene rings is 2. The minimum absolute atomic E-state index is 0.0179. The van der Waals surface area contributed by atoms with Gasteiger partial charge in [-0.05, 0) is 71.6 Å². The number of hydrogen-bond acceptors (Lipinski definition) is 4. The van der Waals surface area contributed by atoms with Crippen molar-refractivity contribution in [3.8, 4) is 5.75 Å². The van der Waals surface area contributed by atoms with Crippen LogP contribution in [0.25, 0.3) is 0 Å². The van der Waals surface area contributed by atoms with E-state index in [4.69, 9.17) is 9.84 Å². The highest BCUT2D eigenvalue weighted by Crippen LogP contribution is 2.38. The first-order valence-corrected chi connectivity index (χ1v) is 10.9. The first-order valence-electron chi connectivity index (χ1n) is 8.57. The lowest BCUT2D eigenvalue weighted by molar-refractivity contribution is -0.131. The van der Waals surface area contributed by atoms with Gasteiger partial charge in [-0.1, -0.05) is 37.9 Å². The zero-order chi connectivity index (χ0) is 21.4. The Morgan fingerprint density at radius 2 is 1.79 bits per heavy atom. The quantitative estimate of drug-likeness (QED) is 0.232. The maximum absolute atomic E-state index is 12.4. The number of nitrogens with one attached hydrogen (secondary N) is 1. The van der Waals surface area contributed by atoms with Gasteiger partial charge in [-0.2, -0.15) is 0 Å². The third-order valence-corrected chi connectivity index (χ3v) is 5.43. The summed E-state index contributed by atoms with van der Waals surface area (Å²) in [7, 11) is 0. The molecule has 3 N–H and O–H groups in total. The van der Waals surface area contributed by atoms with Gasteiger partial charge in [0.1, 0.15) is 11.9 Å². The highest BCUT2D eigenvalue weighted by Gasteiger charge is 2.22. The predicted octanol–water partition coefficient (Wildman–Crippen LogP) is 6.78. The van der Waals surface area contributed by atoms with Gasteiger partial charge in [-0.15, -0.1) is 0 Å². The van der Waals surface area contributed by atoms with Crippen LogP contribution in [-0.4, -0.2) is 22.3 Å². The summed E-state index contributed by atoms with van der Waals surface area (Å²) in [5.74, 6) is -1.03. The van der Waals surface area contributed by atoms with Crippen LogP contribution in [-0.2, 0) is 9.53 Å². The number of unbranched alkanes of at least 4 members (excludes halogenated alkanes) is 1. The third-order valence-electron chi connectivity index (χ3n) is 3.84. The first kappa shape index (κ1) is 23.4. The van der Waals surface area contributed by atoms with Gasteiger partial charge in [0.2, 0.25) is 0 Å². The number of hydrogen-bond donors (Lipinski definition) is 3. The number of allylic oxidation sites excluding steroid dienone is 1. The van der Waals surface area contributed by atoms with Crippen LogP contribution in [0.1, 0.15) is 30.9 Å². The smallest absolute Gasteiger partial charge is 0.412 e. The number of rotatable bonds is 8. The van der Waals surface area contributed by atoms with E-state index in [9.17, 15) is 14.7 Å². The van der Waals surface area contributed by atoms with E-state index in [0.29, 0.717) is 39.5 Å². The van der Waals surface area contributed by atoms with Gasteiger partial charge in [0.05, 0.1) is 4.47 Å². The van der Waals surface area contributed by atoms with E-state index in [1.54, 1.807) is 36.4 Å². The molecule has 1 atom stereocenters. The Morgan fingerprint density at radius 3 is 2.45 bits per heavy atom. The number of amides is 1. The molecule has 0 aliphatic rings. The van der Waals surface area contributed by atoms with E-state index < -0.39 is 18.2 Å². The first-order chi connectivity index (χ1) is 13.8. The van der Waals surface area contributed by atoms with Gasteiger partial charge in [-0.25, -0.2) is 9.59 Å². The number of carboxylic acids is 1. The van der Waals surface area contributed by atoms with Crippen molar-refractivity contribution in [1.82, 2.24) is 0 Å². The number of aromatic hydroxyl groups is 1. The summed E-state index contributed by atoms with van der Waals surface area (Å²) < 4.78 is 7.65. The lowest BCUT2D eigenvalue weighted by Crippen LogP contribution is -2.18. The fourth-order valence-corrected chi connectivity index (χ4v) is 4.05. The van der Waals surface area contributed by atoms with Crippen LogP contribution in [0.2, 0.25) is 0 Å². The molecule has 0 bridgehead atoms. The average molecular weight is 592 g/mol. The molecule has 2 rings (SSSR count). The topological polar surface area (TPSA) is 95.9 Å². The number of ether oxygens (including phenoxy) is 1. The van der Waals surface area contributed by atoms with Crippen molar-refractivity contribution in [2.75, 3.05) is 5.32 Å². The van der Waals surface area contributed by atoms with Crippen LogP contribution in [0.5, 0.6) is 5.75 Å². The largest absolute Gasteiger partial charge is 0.506 e. The molecule has 0 aliphatic carbocycles. The Balaban J connectivity index is 2.14. The average Bonchev–Trinajstić information content (AvgIpc) is 2.65.